The molecule has 226 valence electrons. The van der Waals surface area contributed by atoms with Crippen LogP contribution in [0.4, 0.5) is 86.0 Å². The molecule has 40 heavy (non-hydrogen) atoms. The average molecular weight is 618 g/mol. The van der Waals surface area contributed by atoms with Crippen molar-refractivity contribution in [2.75, 3.05) is 11.5 Å². The molecule has 0 radical (unpaired) electrons. The highest BCUT2D eigenvalue weighted by Gasteiger charge is 2.95. The summed E-state index contributed by atoms with van der Waals surface area (Å²) in [4.78, 5) is 0. The van der Waals surface area contributed by atoms with Crippen molar-refractivity contribution < 1.29 is 79.4 Å². The summed E-state index contributed by atoms with van der Waals surface area (Å²) < 4.78 is 232. The lowest BCUT2D eigenvalue weighted by Crippen LogP contribution is -2.74. The normalized spacial score (nSPS) is 14.8. The van der Waals surface area contributed by atoms with E-state index >= 15 is 0 Å². The molecule has 0 heterocycles. The average Bonchev–Trinajstić information content (AvgIpc) is 2.78. The lowest BCUT2D eigenvalue weighted by atomic mass is 9.90. The summed E-state index contributed by atoms with van der Waals surface area (Å²) in [6, 6.07) is 5.99. The van der Waals surface area contributed by atoms with Crippen LogP contribution < -0.4 is 16.2 Å². The highest BCUT2D eigenvalue weighted by Crippen LogP contribution is 2.64. The number of alkyl halides is 17. The number of hydrogen-bond acceptors (Lipinski definition) is 3. The Kier molecular flexibility index (Phi) is 7.68. The van der Waals surface area contributed by atoms with Crippen molar-refractivity contribution in [1.29, 1.82) is 0 Å². The van der Waals surface area contributed by atoms with Gasteiger partial charge in [-0.1, -0.05) is 12.1 Å². The molecule has 0 unspecified atom stereocenters. The largest absolute Gasteiger partial charge is 0.471 e. The van der Waals surface area contributed by atoms with E-state index in [0.717, 1.165) is 36.4 Å². The maximum atomic E-state index is 14.3. The molecule has 4 N–H and O–H groups in total. The molecule has 3 nitrogen and oxygen atoms in total. The number of halogens is 17. The Morgan fingerprint density at radius 3 is 1.25 bits per heavy atom. The van der Waals surface area contributed by atoms with Gasteiger partial charge in [0.25, 0.3) is 0 Å². The zero-order chi connectivity index (χ0) is 31.5. The molecule has 0 saturated carbocycles. The Morgan fingerprint density at radius 2 is 0.825 bits per heavy atom. The van der Waals surface area contributed by atoms with Gasteiger partial charge in [0.2, 0.25) is 0 Å². The van der Waals surface area contributed by atoms with Crippen molar-refractivity contribution in [3.63, 3.8) is 0 Å². The van der Waals surface area contributed by atoms with Crippen LogP contribution in [0.5, 0.6) is 5.75 Å². The van der Waals surface area contributed by atoms with E-state index in [2.05, 4.69) is 4.74 Å². The molecule has 0 fully saturated rings. The van der Waals surface area contributed by atoms with Crippen molar-refractivity contribution >= 4 is 11.4 Å². The molecule has 0 aliphatic carbocycles. The Morgan fingerprint density at radius 1 is 0.450 bits per heavy atom. The van der Waals surface area contributed by atoms with Gasteiger partial charge in [-0.25, -0.2) is 0 Å². The van der Waals surface area contributed by atoms with Crippen LogP contribution in [0.3, 0.4) is 0 Å². The molecule has 2 aromatic carbocycles. The fourth-order valence-corrected chi connectivity index (χ4v) is 2.88. The summed E-state index contributed by atoms with van der Waals surface area (Å²) in [6.45, 7) is 0. The summed E-state index contributed by atoms with van der Waals surface area (Å²) in [5.41, 5.74) is 9.05. The van der Waals surface area contributed by atoms with E-state index in [0.29, 0.717) is 0 Å². The first-order chi connectivity index (χ1) is 17.6. The van der Waals surface area contributed by atoms with E-state index in [4.69, 9.17) is 11.5 Å². The molecule has 0 bridgehead atoms. The topological polar surface area (TPSA) is 61.3 Å². The van der Waals surface area contributed by atoms with Crippen molar-refractivity contribution in [1.82, 2.24) is 0 Å². The Balaban J connectivity index is 2.64. The lowest BCUT2D eigenvalue weighted by Gasteiger charge is -2.42. The van der Waals surface area contributed by atoms with Gasteiger partial charge in [0.05, 0.1) is 0 Å². The molecule has 2 aromatic rings. The van der Waals surface area contributed by atoms with Gasteiger partial charge in [-0.05, 0) is 29.8 Å². The quantitative estimate of drug-likeness (QED) is 0.222. The maximum Gasteiger partial charge on any atom is 0.471 e. The number of ether oxygens (including phenoxy) is 1. The monoisotopic (exact) mass is 618 g/mol. The molecule has 0 spiro atoms. The van der Waals surface area contributed by atoms with E-state index in [-0.39, 0.29) is 17.3 Å². The molecular weight excluding hydrogens is 607 g/mol. The molecule has 0 saturated heterocycles. The summed E-state index contributed by atoms with van der Waals surface area (Å²) in [7, 11) is 0. The Labute approximate surface area is 210 Å². The van der Waals surface area contributed by atoms with E-state index in [9.17, 15) is 74.6 Å². The summed E-state index contributed by atoms with van der Waals surface area (Å²) >= 11 is 0. The zero-order valence-corrected chi connectivity index (χ0v) is 18.5. The Bertz CT molecular complexity index is 1220. The molecular formula is C20H11F17N2O. The first kappa shape index (κ1) is 32.9. The Hall–Kier alpha value is -3.35. The standard InChI is InChI=1S/C20H11F17N2O/c21-13(22,15(25,26)17(29,30)19(33,34)35)14(23,24)16(27,28)18(31,32)20(36,37)40-12-7-10(39)5-6-11(12)8-1-3-9(38)4-2-8/h1-7H,38-39H2. The number of benzene rings is 2. The van der Waals surface area contributed by atoms with Crippen LogP contribution >= 0.6 is 0 Å². The highest BCUT2D eigenvalue weighted by atomic mass is 19.4. The number of anilines is 2. The van der Waals surface area contributed by atoms with Crippen molar-refractivity contribution in [3.05, 3.63) is 42.5 Å². The zero-order valence-electron chi connectivity index (χ0n) is 18.5. The fraction of sp³-hybridized carbons (Fsp3) is 0.400. The first-order valence-corrected chi connectivity index (χ1v) is 9.76. The van der Waals surface area contributed by atoms with E-state index < -0.39 is 64.8 Å². The van der Waals surface area contributed by atoms with Gasteiger partial charge in [-0.15, -0.1) is 0 Å². The second-order valence-electron chi connectivity index (χ2n) is 7.94. The maximum absolute atomic E-state index is 14.3. The minimum absolute atomic E-state index is 0.0363. The molecule has 20 heteroatoms. The van der Waals surface area contributed by atoms with Crippen molar-refractivity contribution in [3.8, 4) is 16.9 Å². The number of rotatable bonds is 9. The molecule has 0 amide bonds. The lowest BCUT2D eigenvalue weighted by molar-refractivity contribution is -0.471. The number of hydrogen-bond donors (Lipinski definition) is 2. The summed E-state index contributed by atoms with van der Waals surface area (Å²) in [6.07, 6.45) is -14.9. The molecule has 0 aromatic heterocycles. The fourth-order valence-electron chi connectivity index (χ4n) is 2.88. The van der Waals surface area contributed by atoms with Gasteiger partial charge in [0.1, 0.15) is 5.75 Å². The van der Waals surface area contributed by atoms with Gasteiger partial charge in [0, 0.05) is 23.0 Å². The molecule has 0 aliphatic heterocycles. The molecule has 2 rings (SSSR count). The van der Waals surface area contributed by atoms with Crippen LogP contribution in [-0.2, 0) is 0 Å². The van der Waals surface area contributed by atoms with Gasteiger partial charge < -0.3 is 16.2 Å². The highest BCUT2D eigenvalue weighted by molar-refractivity contribution is 5.74. The van der Waals surface area contributed by atoms with Crippen LogP contribution in [-0.4, -0.2) is 47.8 Å². The first-order valence-electron chi connectivity index (χ1n) is 9.76. The third-order valence-electron chi connectivity index (χ3n) is 5.16. The smallest absolute Gasteiger partial charge is 0.427 e. The second-order valence-corrected chi connectivity index (χ2v) is 7.94. The van der Waals surface area contributed by atoms with Gasteiger partial charge >= 0.3 is 47.8 Å². The van der Waals surface area contributed by atoms with Crippen LogP contribution in [0.1, 0.15) is 0 Å². The second kappa shape index (κ2) is 9.35. The van der Waals surface area contributed by atoms with E-state index in [1.54, 1.807) is 0 Å². The molecule has 0 aliphatic rings. The van der Waals surface area contributed by atoms with Gasteiger partial charge in [-0.2, -0.15) is 74.6 Å². The van der Waals surface area contributed by atoms with Crippen LogP contribution in [0, 0.1) is 0 Å². The third kappa shape index (κ3) is 4.67. The molecule has 0 atom stereocenters. The summed E-state index contributed by atoms with van der Waals surface area (Å²) in [5.74, 6) is -52.4. The number of nitrogen functional groups attached to an aromatic ring is 2. The minimum Gasteiger partial charge on any atom is -0.427 e. The minimum atomic E-state index is -8.73. The van der Waals surface area contributed by atoms with E-state index in [1.165, 1.54) is 0 Å². The summed E-state index contributed by atoms with van der Waals surface area (Å²) in [5, 5.41) is 0. The van der Waals surface area contributed by atoms with E-state index in [1.807, 2.05) is 0 Å². The number of nitrogens with two attached hydrogens (primary N) is 2. The van der Waals surface area contributed by atoms with Crippen LogP contribution in [0.15, 0.2) is 42.5 Å². The van der Waals surface area contributed by atoms with Gasteiger partial charge in [-0.3, -0.25) is 0 Å². The van der Waals surface area contributed by atoms with Crippen LogP contribution in [0.2, 0.25) is 0 Å². The SMILES string of the molecule is Nc1ccc(-c2ccc(N)cc2OC(F)(F)C(F)(F)C(F)(F)C(F)(F)C(F)(F)C(F)(F)C(F)(F)C(F)(F)F)cc1. The van der Waals surface area contributed by atoms with Crippen molar-refractivity contribution in [2.45, 2.75) is 47.8 Å². The van der Waals surface area contributed by atoms with Crippen molar-refractivity contribution in [2.24, 2.45) is 0 Å². The van der Waals surface area contributed by atoms with Gasteiger partial charge in [0.15, 0.2) is 0 Å². The predicted molar refractivity (Wildman–Crippen MR) is 102 cm³/mol. The predicted octanol–water partition coefficient (Wildman–Crippen LogP) is 7.86. The third-order valence-corrected chi connectivity index (χ3v) is 5.16. The van der Waals surface area contributed by atoms with Crippen LogP contribution in [0.25, 0.3) is 11.1 Å².